The maximum atomic E-state index is 13.0. The van der Waals surface area contributed by atoms with Crippen LogP contribution in [0, 0.1) is 0 Å². The fourth-order valence-electron chi connectivity index (χ4n) is 3.57. The van der Waals surface area contributed by atoms with Crippen molar-refractivity contribution >= 4 is 23.3 Å². The van der Waals surface area contributed by atoms with E-state index in [9.17, 15) is 14.7 Å². The summed E-state index contributed by atoms with van der Waals surface area (Å²) in [6.07, 6.45) is 1.54. The number of carbonyl (C=O) groups is 2. The predicted molar refractivity (Wildman–Crippen MR) is 115 cm³/mol. The van der Waals surface area contributed by atoms with Gasteiger partial charge in [-0.2, -0.15) is 0 Å². The lowest BCUT2D eigenvalue weighted by Gasteiger charge is -2.24. The van der Waals surface area contributed by atoms with E-state index in [2.05, 4.69) is 4.98 Å². The number of nitrogens with zero attached hydrogens (tertiary/aromatic N) is 2. The molecular formula is C24H20N2O5. The number of anilines is 1. The lowest BCUT2D eigenvalue weighted by atomic mass is 9.95. The van der Waals surface area contributed by atoms with Gasteiger partial charge in [-0.25, -0.2) is 4.98 Å². The average Bonchev–Trinajstić information content (AvgIpc) is 3.09. The van der Waals surface area contributed by atoms with E-state index < -0.39 is 17.7 Å². The maximum Gasteiger partial charge on any atom is 0.301 e. The topological polar surface area (TPSA) is 89.0 Å². The van der Waals surface area contributed by atoms with Crippen LogP contribution in [0.1, 0.15) is 17.2 Å². The van der Waals surface area contributed by atoms with E-state index in [-0.39, 0.29) is 11.3 Å². The molecule has 0 radical (unpaired) electrons. The summed E-state index contributed by atoms with van der Waals surface area (Å²) in [7, 11) is 3.09. The van der Waals surface area contributed by atoms with Crippen molar-refractivity contribution in [2.24, 2.45) is 0 Å². The van der Waals surface area contributed by atoms with Crippen LogP contribution in [-0.4, -0.2) is 36.0 Å². The molecule has 1 unspecified atom stereocenters. The van der Waals surface area contributed by atoms with Gasteiger partial charge in [0.05, 0.1) is 25.8 Å². The van der Waals surface area contributed by atoms with Gasteiger partial charge in [-0.05, 0) is 54.1 Å². The lowest BCUT2D eigenvalue weighted by molar-refractivity contribution is -0.132. The number of ether oxygens (including phenoxy) is 2. The van der Waals surface area contributed by atoms with E-state index in [0.29, 0.717) is 28.4 Å². The first kappa shape index (κ1) is 20.2. The minimum absolute atomic E-state index is 0.00835. The smallest absolute Gasteiger partial charge is 0.301 e. The first-order valence-corrected chi connectivity index (χ1v) is 9.55. The van der Waals surface area contributed by atoms with Gasteiger partial charge in [-0.3, -0.25) is 14.5 Å². The SMILES string of the molecule is COc1ccc(C(O)=C2C(=O)C(=O)N(c3ccccn3)C2c2ccc(OC)cc2)cc1. The maximum absolute atomic E-state index is 13.0. The normalized spacial score (nSPS) is 17.6. The van der Waals surface area contributed by atoms with Crippen LogP contribution in [0.2, 0.25) is 0 Å². The van der Waals surface area contributed by atoms with Crippen LogP contribution < -0.4 is 14.4 Å². The summed E-state index contributed by atoms with van der Waals surface area (Å²) in [5.74, 6) is -0.236. The number of pyridine rings is 1. The molecule has 0 aliphatic carbocycles. The third kappa shape index (κ3) is 3.61. The summed E-state index contributed by atoms with van der Waals surface area (Å²) >= 11 is 0. The highest BCUT2D eigenvalue weighted by atomic mass is 16.5. The number of methoxy groups -OCH3 is 2. The molecule has 1 N–H and O–H groups in total. The second kappa shape index (κ2) is 8.31. The number of aromatic nitrogens is 1. The third-order valence-electron chi connectivity index (χ3n) is 5.14. The molecule has 0 saturated carbocycles. The molecule has 7 heteroatoms. The third-order valence-corrected chi connectivity index (χ3v) is 5.14. The predicted octanol–water partition coefficient (Wildman–Crippen LogP) is 3.73. The highest BCUT2D eigenvalue weighted by Crippen LogP contribution is 2.41. The Kier molecular flexibility index (Phi) is 5.41. The quantitative estimate of drug-likeness (QED) is 0.387. The zero-order valence-corrected chi connectivity index (χ0v) is 17.0. The fourth-order valence-corrected chi connectivity index (χ4v) is 3.57. The van der Waals surface area contributed by atoms with Crippen LogP contribution in [-0.2, 0) is 9.59 Å². The molecule has 2 heterocycles. The van der Waals surface area contributed by atoms with E-state index in [1.54, 1.807) is 80.0 Å². The van der Waals surface area contributed by atoms with Crippen molar-refractivity contribution < 1.29 is 24.2 Å². The van der Waals surface area contributed by atoms with Gasteiger partial charge in [-0.15, -0.1) is 0 Å². The van der Waals surface area contributed by atoms with Crippen molar-refractivity contribution in [1.29, 1.82) is 0 Å². The van der Waals surface area contributed by atoms with Crippen LogP contribution in [0.3, 0.4) is 0 Å². The molecule has 2 aromatic carbocycles. The lowest BCUT2D eigenvalue weighted by Crippen LogP contribution is -2.30. The molecule has 1 aliphatic rings. The Balaban J connectivity index is 1.90. The summed E-state index contributed by atoms with van der Waals surface area (Å²) in [6, 6.07) is 17.9. The molecule has 7 nitrogen and oxygen atoms in total. The monoisotopic (exact) mass is 416 g/mol. The molecule has 1 saturated heterocycles. The highest BCUT2D eigenvalue weighted by molar-refractivity contribution is 6.51. The van der Waals surface area contributed by atoms with Crippen LogP contribution in [0.15, 0.2) is 78.5 Å². The van der Waals surface area contributed by atoms with Crippen molar-refractivity contribution in [3.8, 4) is 11.5 Å². The Labute approximate surface area is 179 Å². The number of ketones is 1. The van der Waals surface area contributed by atoms with E-state index in [1.807, 2.05) is 0 Å². The van der Waals surface area contributed by atoms with Gasteiger partial charge in [0.2, 0.25) is 0 Å². The molecule has 156 valence electrons. The molecule has 1 atom stereocenters. The Morgan fingerprint density at radius 3 is 2.06 bits per heavy atom. The summed E-state index contributed by atoms with van der Waals surface area (Å²) in [6.45, 7) is 0. The minimum Gasteiger partial charge on any atom is -0.507 e. The van der Waals surface area contributed by atoms with Crippen LogP contribution in [0.4, 0.5) is 5.82 Å². The van der Waals surface area contributed by atoms with Crippen LogP contribution in [0.5, 0.6) is 11.5 Å². The first-order chi connectivity index (χ1) is 15.0. The fraction of sp³-hybridized carbons (Fsp3) is 0.125. The summed E-state index contributed by atoms with van der Waals surface area (Å²) < 4.78 is 10.4. The van der Waals surface area contributed by atoms with Crippen molar-refractivity contribution in [1.82, 2.24) is 4.98 Å². The molecule has 0 spiro atoms. The van der Waals surface area contributed by atoms with E-state index in [1.165, 1.54) is 12.0 Å². The van der Waals surface area contributed by atoms with E-state index in [0.717, 1.165) is 0 Å². The average molecular weight is 416 g/mol. The van der Waals surface area contributed by atoms with Crippen molar-refractivity contribution in [2.45, 2.75) is 6.04 Å². The molecule has 1 aromatic heterocycles. The van der Waals surface area contributed by atoms with E-state index >= 15 is 0 Å². The van der Waals surface area contributed by atoms with Gasteiger partial charge in [0.1, 0.15) is 23.1 Å². The number of amides is 1. The van der Waals surface area contributed by atoms with Gasteiger partial charge < -0.3 is 14.6 Å². The Morgan fingerprint density at radius 2 is 1.52 bits per heavy atom. The Hall–Kier alpha value is -4.13. The number of Topliss-reactive ketones (excluding diaryl/α,β-unsaturated/α-hetero) is 1. The van der Waals surface area contributed by atoms with Crippen molar-refractivity contribution in [3.63, 3.8) is 0 Å². The first-order valence-electron chi connectivity index (χ1n) is 9.55. The minimum atomic E-state index is -0.845. The molecule has 0 bridgehead atoms. The zero-order valence-electron chi connectivity index (χ0n) is 17.0. The van der Waals surface area contributed by atoms with Gasteiger partial charge in [0.15, 0.2) is 0 Å². The second-order valence-electron chi connectivity index (χ2n) is 6.86. The molecule has 1 fully saturated rings. The zero-order chi connectivity index (χ0) is 22.0. The number of rotatable bonds is 5. The largest absolute Gasteiger partial charge is 0.507 e. The van der Waals surface area contributed by atoms with Crippen LogP contribution >= 0.6 is 0 Å². The van der Waals surface area contributed by atoms with Gasteiger partial charge >= 0.3 is 5.91 Å². The molecule has 31 heavy (non-hydrogen) atoms. The highest BCUT2D eigenvalue weighted by Gasteiger charge is 2.47. The summed E-state index contributed by atoms with van der Waals surface area (Å²) in [5, 5.41) is 11.1. The number of hydrogen-bond acceptors (Lipinski definition) is 6. The second-order valence-corrected chi connectivity index (χ2v) is 6.86. The van der Waals surface area contributed by atoms with Gasteiger partial charge in [0, 0.05) is 11.8 Å². The van der Waals surface area contributed by atoms with Crippen molar-refractivity contribution in [2.75, 3.05) is 19.1 Å². The van der Waals surface area contributed by atoms with Crippen molar-refractivity contribution in [3.05, 3.63) is 89.6 Å². The number of hydrogen-bond donors (Lipinski definition) is 1. The molecule has 1 aliphatic heterocycles. The van der Waals surface area contributed by atoms with Gasteiger partial charge in [0.25, 0.3) is 5.78 Å². The molecule has 3 aromatic rings. The number of aliphatic hydroxyl groups is 1. The number of carbonyl (C=O) groups excluding carboxylic acids is 2. The molecular weight excluding hydrogens is 396 g/mol. The summed E-state index contributed by atoms with van der Waals surface area (Å²) in [4.78, 5) is 31.6. The molecule has 1 amide bonds. The van der Waals surface area contributed by atoms with Crippen LogP contribution in [0.25, 0.3) is 5.76 Å². The molecule has 4 rings (SSSR count). The number of aliphatic hydroxyl groups excluding tert-OH is 1. The Morgan fingerprint density at radius 1 is 0.903 bits per heavy atom. The summed E-state index contributed by atoms with van der Waals surface area (Å²) in [5.41, 5.74) is 1.03. The number of benzene rings is 2. The Bertz CT molecular complexity index is 1140. The van der Waals surface area contributed by atoms with Gasteiger partial charge in [-0.1, -0.05) is 18.2 Å². The van der Waals surface area contributed by atoms with E-state index in [4.69, 9.17) is 9.47 Å². The standard InChI is InChI=1S/C24H20N2O5/c1-30-17-10-6-15(7-11-17)21-20(22(27)16-8-12-18(31-2)13-9-16)23(28)24(29)26(21)19-5-3-4-14-25-19/h3-14,21,27H,1-2H3.